The number of hydrogen-bond donors (Lipinski definition) is 0. The molecular weight excluding hydrogens is 418 g/mol. The van der Waals surface area contributed by atoms with Crippen molar-refractivity contribution >= 4 is 23.7 Å². The van der Waals surface area contributed by atoms with Crippen LogP contribution in [0.4, 0.5) is 0 Å². The van der Waals surface area contributed by atoms with Crippen LogP contribution < -0.4 is 0 Å². The van der Waals surface area contributed by atoms with E-state index in [-0.39, 0.29) is 23.3 Å². The Balaban J connectivity index is 1.42. The lowest BCUT2D eigenvalue weighted by Gasteiger charge is -2.48. The first-order valence-corrected chi connectivity index (χ1v) is 11.0. The van der Waals surface area contributed by atoms with Crippen molar-refractivity contribution in [2.45, 2.75) is 32.7 Å². The van der Waals surface area contributed by atoms with Gasteiger partial charge in [-0.05, 0) is 26.8 Å². The van der Waals surface area contributed by atoms with Crippen molar-refractivity contribution < 1.29 is 14.1 Å². The molecule has 0 saturated carbocycles. The van der Waals surface area contributed by atoms with Gasteiger partial charge >= 0.3 is 0 Å². The zero-order chi connectivity index (χ0) is 21.8. The summed E-state index contributed by atoms with van der Waals surface area (Å²) in [6.45, 7) is 8.09. The van der Waals surface area contributed by atoms with E-state index in [1.54, 1.807) is 16.6 Å². The number of carbonyl (C=O) groups excluding carboxylic acids is 2. The van der Waals surface area contributed by atoms with Gasteiger partial charge in [-0.15, -0.1) is 11.3 Å². The van der Waals surface area contributed by atoms with Gasteiger partial charge in [-0.1, -0.05) is 5.16 Å². The molecule has 1 spiro atoms. The van der Waals surface area contributed by atoms with Gasteiger partial charge in [0.1, 0.15) is 10.9 Å². The third-order valence-corrected chi connectivity index (χ3v) is 7.06. The fourth-order valence-electron chi connectivity index (χ4n) is 4.82. The minimum Gasteiger partial charge on any atom is -0.344 e. The quantitative estimate of drug-likeness (QED) is 0.554. The SMILES string of the molecule is Cc1cc(C)n(C(C)c2nc(C3CN(C(=O)c4cncs4)CC34CN(C=O)C4)no2)n1. The molecule has 2 aliphatic rings. The third kappa shape index (κ3) is 3.23. The number of thiazole rings is 1. The number of likely N-dealkylation sites (tertiary alicyclic amines) is 2. The van der Waals surface area contributed by atoms with E-state index < -0.39 is 0 Å². The van der Waals surface area contributed by atoms with Crippen LogP contribution in [0.15, 0.2) is 22.3 Å². The number of aromatic nitrogens is 5. The number of nitrogens with zero attached hydrogens (tertiary/aromatic N) is 7. The molecule has 162 valence electrons. The van der Waals surface area contributed by atoms with Crippen molar-refractivity contribution in [3.05, 3.63) is 45.8 Å². The molecule has 2 amide bonds. The molecule has 0 N–H and O–H groups in total. The van der Waals surface area contributed by atoms with Gasteiger partial charge in [-0.3, -0.25) is 19.3 Å². The highest BCUT2D eigenvalue weighted by Crippen LogP contribution is 2.48. The van der Waals surface area contributed by atoms with Gasteiger partial charge in [-0.25, -0.2) is 0 Å². The second-order valence-corrected chi connectivity index (χ2v) is 9.40. The largest absolute Gasteiger partial charge is 0.344 e. The molecule has 11 heteroatoms. The van der Waals surface area contributed by atoms with Crippen molar-refractivity contribution in [1.29, 1.82) is 0 Å². The van der Waals surface area contributed by atoms with E-state index in [1.165, 1.54) is 11.3 Å². The van der Waals surface area contributed by atoms with Gasteiger partial charge in [0.2, 0.25) is 6.41 Å². The Morgan fingerprint density at radius 1 is 1.35 bits per heavy atom. The van der Waals surface area contributed by atoms with Crippen molar-refractivity contribution in [1.82, 2.24) is 34.7 Å². The van der Waals surface area contributed by atoms with Crippen LogP contribution in [0.5, 0.6) is 0 Å². The summed E-state index contributed by atoms with van der Waals surface area (Å²) in [7, 11) is 0. The molecule has 2 saturated heterocycles. The fraction of sp³-hybridized carbons (Fsp3) is 0.500. The number of aryl methyl sites for hydroxylation is 2. The second kappa shape index (κ2) is 7.26. The average molecular weight is 442 g/mol. The molecule has 3 aromatic heterocycles. The Hall–Kier alpha value is -3.08. The minimum atomic E-state index is -0.260. The fourth-order valence-corrected chi connectivity index (χ4v) is 5.40. The summed E-state index contributed by atoms with van der Waals surface area (Å²) >= 11 is 1.33. The molecule has 3 aromatic rings. The van der Waals surface area contributed by atoms with Crippen LogP contribution in [0, 0.1) is 19.3 Å². The second-order valence-electron chi connectivity index (χ2n) is 8.52. The van der Waals surface area contributed by atoms with Crippen LogP contribution in [0.1, 0.15) is 51.7 Å². The summed E-state index contributed by atoms with van der Waals surface area (Å²) in [5, 5.41) is 8.80. The van der Waals surface area contributed by atoms with E-state index in [9.17, 15) is 9.59 Å². The Morgan fingerprint density at radius 2 is 2.16 bits per heavy atom. The zero-order valence-corrected chi connectivity index (χ0v) is 18.4. The topological polar surface area (TPSA) is 110 Å². The summed E-state index contributed by atoms with van der Waals surface area (Å²) in [5.41, 5.74) is 3.34. The molecule has 0 aromatic carbocycles. The maximum Gasteiger partial charge on any atom is 0.265 e. The number of carbonyl (C=O) groups is 2. The third-order valence-electron chi connectivity index (χ3n) is 6.30. The lowest BCUT2D eigenvalue weighted by Crippen LogP contribution is -2.59. The maximum atomic E-state index is 12.9. The van der Waals surface area contributed by atoms with Crippen molar-refractivity contribution in [3.63, 3.8) is 0 Å². The predicted octanol–water partition coefficient (Wildman–Crippen LogP) is 1.65. The number of amides is 2. The highest BCUT2D eigenvalue weighted by atomic mass is 32.1. The average Bonchev–Trinajstić information content (AvgIpc) is 3.50. The summed E-state index contributed by atoms with van der Waals surface area (Å²) in [6, 6.07) is 1.81. The van der Waals surface area contributed by atoms with Gasteiger partial charge in [0.25, 0.3) is 11.8 Å². The Labute approximate surface area is 182 Å². The Morgan fingerprint density at radius 3 is 2.81 bits per heavy atom. The normalized spacial score (nSPS) is 20.8. The molecule has 0 radical (unpaired) electrons. The van der Waals surface area contributed by atoms with Crippen molar-refractivity contribution in [2.75, 3.05) is 26.2 Å². The lowest BCUT2D eigenvalue weighted by molar-refractivity contribution is -0.129. The summed E-state index contributed by atoms with van der Waals surface area (Å²) in [4.78, 5) is 37.0. The molecule has 31 heavy (non-hydrogen) atoms. The first-order valence-electron chi connectivity index (χ1n) is 10.1. The van der Waals surface area contributed by atoms with Crippen LogP contribution in [-0.4, -0.2) is 73.2 Å². The molecule has 10 nitrogen and oxygen atoms in total. The van der Waals surface area contributed by atoms with E-state index in [4.69, 9.17) is 9.51 Å². The van der Waals surface area contributed by atoms with Gasteiger partial charge in [0, 0.05) is 37.3 Å². The summed E-state index contributed by atoms with van der Waals surface area (Å²) in [6.07, 6.45) is 2.44. The molecular formula is C20H23N7O3S. The van der Waals surface area contributed by atoms with E-state index in [0.717, 1.165) is 17.8 Å². The molecule has 2 unspecified atom stereocenters. The first kappa shape index (κ1) is 19.9. The van der Waals surface area contributed by atoms with Crippen LogP contribution in [0.2, 0.25) is 0 Å². The van der Waals surface area contributed by atoms with E-state index >= 15 is 0 Å². The molecule has 0 aliphatic carbocycles. The van der Waals surface area contributed by atoms with E-state index in [2.05, 4.69) is 15.2 Å². The van der Waals surface area contributed by atoms with Gasteiger partial charge in [0.05, 0.1) is 23.3 Å². The molecule has 2 atom stereocenters. The maximum absolute atomic E-state index is 12.9. The van der Waals surface area contributed by atoms with E-state index in [0.29, 0.717) is 42.8 Å². The lowest BCUT2D eigenvalue weighted by atomic mass is 9.71. The predicted molar refractivity (Wildman–Crippen MR) is 111 cm³/mol. The Bertz CT molecular complexity index is 1120. The van der Waals surface area contributed by atoms with Gasteiger partial charge < -0.3 is 14.3 Å². The number of hydrogen-bond acceptors (Lipinski definition) is 8. The smallest absolute Gasteiger partial charge is 0.265 e. The van der Waals surface area contributed by atoms with Crippen LogP contribution in [0.3, 0.4) is 0 Å². The van der Waals surface area contributed by atoms with Crippen LogP contribution >= 0.6 is 11.3 Å². The molecule has 5 rings (SSSR count). The minimum absolute atomic E-state index is 0.0475. The van der Waals surface area contributed by atoms with Gasteiger partial charge in [0.15, 0.2) is 5.82 Å². The standard InChI is InChI=1S/C20H23N7O3S/c1-12-4-13(2)27(23-12)14(3)18-22-17(24-30-18)15-6-26(19(29)16-5-21-10-31-16)9-20(15)7-25(8-20)11-28/h4-5,10-11,14-15H,6-9H2,1-3H3. The van der Waals surface area contributed by atoms with E-state index in [1.807, 2.05) is 36.4 Å². The van der Waals surface area contributed by atoms with Gasteiger partial charge in [-0.2, -0.15) is 10.1 Å². The summed E-state index contributed by atoms with van der Waals surface area (Å²) < 4.78 is 7.49. The van der Waals surface area contributed by atoms with Crippen LogP contribution in [-0.2, 0) is 4.79 Å². The monoisotopic (exact) mass is 441 g/mol. The molecule has 0 bridgehead atoms. The highest BCUT2D eigenvalue weighted by molar-refractivity contribution is 7.11. The number of rotatable bonds is 5. The van der Waals surface area contributed by atoms with Crippen LogP contribution in [0.25, 0.3) is 0 Å². The van der Waals surface area contributed by atoms with Crippen molar-refractivity contribution in [2.24, 2.45) is 5.41 Å². The van der Waals surface area contributed by atoms with Crippen molar-refractivity contribution in [3.8, 4) is 0 Å². The summed E-state index contributed by atoms with van der Waals surface area (Å²) in [5.74, 6) is 0.906. The highest BCUT2D eigenvalue weighted by Gasteiger charge is 2.57. The molecule has 2 aliphatic heterocycles. The molecule has 2 fully saturated rings. The zero-order valence-electron chi connectivity index (χ0n) is 17.6. The Kier molecular flexibility index (Phi) is 4.65. The first-order chi connectivity index (χ1) is 14.9. The molecule has 5 heterocycles.